The van der Waals surface area contributed by atoms with Crippen molar-refractivity contribution >= 4 is 11.9 Å². The fourth-order valence-electron chi connectivity index (χ4n) is 1.19. The Labute approximate surface area is 84.4 Å². The molecule has 82 valence electrons. The molecule has 0 aromatic heterocycles. The Hall–Kier alpha value is -1.26. The second kappa shape index (κ2) is 6.23. The van der Waals surface area contributed by atoms with Gasteiger partial charge in [0.15, 0.2) is 5.96 Å². The summed E-state index contributed by atoms with van der Waals surface area (Å²) in [4.78, 5) is 12.1. The Kier molecular flexibility index (Phi) is 5.67. The summed E-state index contributed by atoms with van der Waals surface area (Å²) in [5, 5.41) is 16.0. The van der Waals surface area contributed by atoms with Crippen molar-refractivity contribution < 1.29 is 9.90 Å². The van der Waals surface area contributed by atoms with Gasteiger partial charge in [-0.15, -0.1) is 0 Å². The minimum absolute atomic E-state index is 0.170. The summed E-state index contributed by atoms with van der Waals surface area (Å²) in [5.74, 6) is -1.12. The number of hydrogen-bond donors (Lipinski definition) is 3. The average molecular weight is 201 g/mol. The molecule has 0 radical (unpaired) electrons. The van der Waals surface area contributed by atoms with Crippen molar-refractivity contribution in [3.63, 3.8) is 0 Å². The lowest BCUT2D eigenvalue weighted by molar-refractivity contribution is -0.141. The molecule has 0 aromatic rings. The molecule has 5 nitrogen and oxygen atoms in total. The first-order valence-corrected chi connectivity index (χ1v) is 4.84. The molecule has 0 aliphatic rings. The summed E-state index contributed by atoms with van der Waals surface area (Å²) in [7, 11) is 0. The fourth-order valence-corrected chi connectivity index (χ4v) is 1.19. The molecule has 0 saturated heterocycles. The summed E-state index contributed by atoms with van der Waals surface area (Å²) in [6, 6.07) is -0.718. The molecule has 0 aromatic carbocycles. The molecule has 0 aliphatic heterocycles. The number of carboxylic acids is 1. The van der Waals surface area contributed by atoms with Crippen LogP contribution in [0.2, 0.25) is 0 Å². The highest BCUT2D eigenvalue weighted by molar-refractivity contribution is 5.82. The zero-order valence-corrected chi connectivity index (χ0v) is 8.79. The van der Waals surface area contributed by atoms with Crippen LogP contribution in [0.5, 0.6) is 0 Å². The molecular weight excluding hydrogens is 182 g/mol. The number of carbonyl (C=O) groups is 1. The SMILES string of the molecule is CCCCCN(C(=N)N)C(C)C(=O)O. The number of carboxylic acid groups (broad SMARTS) is 1. The smallest absolute Gasteiger partial charge is 0.326 e. The summed E-state index contributed by atoms with van der Waals surface area (Å²) in [6.07, 6.45) is 2.96. The molecule has 1 unspecified atom stereocenters. The Bertz CT molecular complexity index is 206. The van der Waals surface area contributed by atoms with E-state index < -0.39 is 12.0 Å². The molecule has 1 atom stereocenters. The minimum Gasteiger partial charge on any atom is -0.480 e. The Morgan fingerprint density at radius 2 is 2.14 bits per heavy atom. The van der Waals surface area contributed by atoms with Crippen molar-refractivity contribution in [2.24, 2.45) is 5.73 Å². The molecule has 4 N–H and O–H groups in total. The van der Waals surface area contributed by atoms with Gasteiger partial charge < -0.3 is 15.7 Å². The largest absolute Gasteiger partial charge is 0.480 e. The van der Waals surface area contributed by atoms with Crippen LogP contribution in [0.3, 0.4) is 0 Å². The third-order valence-corrected chi connectivity index (χ3v) is 2.14. The van der Waals surface area contributed by atoms with Gasteiger partial charge in [0.05, 0.1) is 0 Å². The maximum atomic E-state index is 10.7. The summed E-state index contributed by atoms with van der Waals surface area (Å²) >= 11 is 0. The molecule has 0 bridgehead atoms. The predicted molar refractivity (Wildman–Crippen MR) is 55.2 cm³/mol. The number of nitrogens with two attached hydrogens (primary N) is 1. The lowest BCUT2D eigenvalue weighted by atomic mass is 10.2. The van der Waals surface area contributed by atoms with Crippen LogP contribution in [0.4, 0.5) is 0 Å². The van der Waals surface area contributed by atoms with Gasteiger partial charge in [-0.2, -0.15) is 0 Å². The van der Waals surface area contributed by atoms with E-state index in [2.05, 4.69) is 6.92 Å². The lowest BCUT2D eigenvalue weighted by Gasteiger charge is -2.26. The summed E-state index contributed by atoms with van der Waals surface area (Å²) in [5.41, 5.74) is 5.30. The van der Waals surface area contributed by atoms with E-state index in [-0.39, 0.29) is 5.96 Å². The molecule has 0 heterocycles. The quantitative estimate of drug-likeness (QED) is 0.337. The van der Waals surface area contributed by atoms with Gasteiger partial charge >= 0.3 is 5.97 Å². The Balaban J connectivity index is 4.15. The molecule has 0 spiro atoms. The van der Waals surface area contributed by atoms with Crippen LogP contribution in [-0.2, 0) is 4.79 Å². The van der Waals surface area contributed by atoms with Crippen molar-refractivity contribution in [1.82, 2.24) is 4.90 Å². The third kappa shape index (κ3) is 4.11. The van der Waals surface area contributed by atoms with Gasteiger partial charge in [-0.25, -0.2) is 4.79 Å². The second-order valence-electron chi connectivity index (χ2n) is 3.30. The second-order valence-corrected chi connectivity index (χ2v) is 3.30. The first kappa shape index (κ1) is 12.7. The van der Waals surface area contributed by atoms with E-state index in [0.717, 1.165) is 19.3 Å². The zero-order valence-electron chi connectivity index (χ0n) is 8.79. The standard InChI is InChI=1S/C9H19N3O2/c1-3-4-5-6-12(9(10)11)7(2)8(13)14/h7H,3-6H2,1-2H3,(H3,10,11)(H,13,14). The van der Waals surface area contributed by atoms with Gasteiger partial charge in [0.2, 0.25) is 0 Å². The van der Waals surface area contributed by atoms with E-state index in [0.29, 0.717) is 6.54 Å². The maximum Gasteiger partial charge on any atom is 0.326 e. The molecule has 0 saturated carbocycles. The maximum absolute atomic E-state index is 10.7. The highest BCUT2D eigenvalue weighted by atomic mass is 16.4. The number of unbranched alkanes of at least 4 members (excludes halogenated alkanes) is 2. The Morgan fingerprint density at radius 3 is 2.50 bits per heavy atom. The van der Waals surface area contributed by atoms with Crippen LogP contribution in [0, 0.1) is 5.41 Å². The Morgan fingerprint density at radius 1 is 1.57 bits per heavy atom. The van der Waals surface area contributed by atoms with E-state index in [1.54, 1.807) is 0 Å². The van der Waals surface area contributed by atoms with Crippen LogP contribution in [0.25, 0.3) is 0 Å². The average Bonchev–Trinajstić information content (AvgIpc) is 2.10. The van der Waals surface area contributed by atoms with E-state index in [4.69, 9.17) is 16.2 Å². The molecular formula is C9H19N3O2. The van der Waals surface area contributed by atoms with Gasteiger partial charge in [0.25, 0.3) is 0 Å². The van der Waals surface area contributed by atoms with Gasteiger partial charge in [-0.1, -0.05) is 19.8 Å². The molecule has 0 amide bonds. The van der Waals surface area contributed by atoms with Gasteiger partial charge in [-0.05, 0) is 13.3 Å². The topological polar surface area (TPSA) is 90.4 Å². The van der Waals surface area contributed by atoms with E-state index in [1.165, 1.54) is 11.8 Å². The fraction of sp³-hybridized carbons (Fsp3) is 0.778. The number of hydrogen-bond acceptors (Lipinski definition) is 2. The van der Waals surface area contributed by atoms with E-state index >= 15 is 0 Å². The van der Waals surface area contributed by atoms with Gasteiger partial charge in [-0.3, -0.25) is 5.41 Å². The van der Waals surface area contributed by atoms with E-state index in [9.17, 15) is 4.79 Å². The molecule has 5 heteroatoms. The number of guanidine groups is 1. The number of nitrogens with one attached hydrogen (secondary N) is 1. The summed E-state index contributed by atoms with van der Waals surface area (Å²) in [6.45, 7) is 4.14. The summed E-state index contributed by atoms with van der Waals surface area (Å²) < 4.78 is 0. The van der Waals surface area contributed by atoms with Crippen molar-refractivity contribution in [1.29, 1.82) is 5.41 Å². The normalized spacial score (nSPS) is 12.1. The number of rotatable bonds is 6. The van der Waals surface area contributed by atoms with Crippen LogP contribution < -0.4 is 5.73 Å². The van der Waals surface area contributed by atoms with Crippen molar-refractivity contribution in [3.05, 3.63) is 0 Å². The van der Waals surface area contributed by atoms with E-state index in [1.807, 2.05) is 0 Å². The monoisotopic (exact) mass is 201 g/mol. The number of nitrogens with zero attached hydrogens (tertiary/aromatic N) is 1. The van der Waals surface area contributed by atoms with Gasteiger partial charge in [0, 0.05) is 6.54 Å². The van der Waals surface area contributed by atoms with Crippen LogP contribution in [-0.4, -0.2) is 34.5 Å². The van der Waals surface area contributed by atoms with Gasteiger partial charge in [0.1, 0.15) is 6.04 Å². The van der Waals surface area contributed by atoms with Crippen molar-refractivity contribution in [2.75, 3.05) is 6.54 Å². The van der Waals surface area contributed by atoms with Crippen LogP contribution in [0.15, 0.2) is 0 Å². The number of aliphatic carboxylic acids is 1. The highest BCUT2D eigenvalue weighted by Gasteiger charge is 2.20. The first-order valence-electron chi connectivity index (χ1n) is 4.84. The first-order chi connectivity index (χ1) is 6.50. The predicted octanol–water partition coefficient (Wildman–Crippen LogP) is 0.845. The third-order valence-electron chi connectivity index (χ3n) is 2.14. The highest BCUT2D eigenvalue weighted by Crippen LogP contribution is 2.03. The lowest BCUT2D eigenvalue weighted by Crippen LogP contribution is -2.46. The molecule has 0 rings (SSSR count). The van der Waals surface area contributed by atoms with Crippen molar-refractivity contribution in [2.45, 2.75) is 39.2 Å². The molecule has 0 fully saturated rings. The molecule has 14 heavy (non-hydrogen) atoms. The molecule has 0 aliphatic carbocycles. The van der Waals surface area contributed by atoms with Crippen LogP contribution >= 0.6 is 0 Å². The van der Waals surface area contributed by atoms with Crippen molar-refractivity contribution in [3.8, 4) is 0 Å². The minimum atomic E-state index is -0.948. The zero-order chi connectivity index (χ0) is 11.1. The van der Waals surface area contributed by atoms with Crippen LogP contribution in [0.1, 0.15) is 33.1 Å².